The molecule has 0 aliphatic rings. The average Bonchev–Trinajstić information content (AvgIpc) is 2.34. The Morgan fingerprint density at radius 1 is 1.28 bits per heavy atom. The molecule has 0 aliphatic carbocycles. The molecule has 102 valence electrons. The van der Waals surface area contributed by atoms with Crippen LogP contribution in [-0.4, -0.2) is 29.6 Å². The third-order valence-electron chi connectivity index (χ3n) is 3.05. The van der Waals surface area contributed by atoms with Crippen molar-refractivity contribution in [1.29, 1.82) is 0 Å². The molecular formula is C15H24ClNO. The number of benzene rings is 1. The Bertz CT molecular complexity index is 354. The van der Waals surface area contributed by atoms with Gasteiger partial charge in [0.25, 0.3) is 0 Å². The molecule has 0 spiro atoms. The number of rotatable bonds is 7. The van der Waals surface area contributed by atoms with Crippen molar-refractivity contribution in [3.05, 3.63) is 34.9 Å². The predicted molar refractivity (Wildman–Crippen MR) is 78.0 cm³/mol. The lowest BCUT2D eigenvalue weighted by molar-refractivity contribution is 0.139. The van der Waals surface area contributed by atoms with Gasteiger partial charge in [-0.2, -0.15) is 0 Å². The molecule has 3 heteroatoms. The van der Waals surface area contributed by atoms with E-state index < -0.39 is 6.10 Å². The number of hydrogen-bond acceptors (Lipinski definition) is 2. The lowest BCUT2D eigenvalue weighted by Crippen LogP contribution is -2.29. The molecule has 0 fully saturated rings. The van der Waals surface area contributed by atoms with Crippen molar-refractivity contribution < 1.29 is 5.11 Å². The molecule has 18 heavy (non-hydrogen) atoms. The minimum atomic E-state index is -0.472. The van der Waals surface area contributed by atoms with E-state index in [0.29, 0.717) is 10.9 Å². The first-order valence-corrected chi connectivity index (χ1v) is 7.07. The zero-order valence-corrected chi connectivity index (χ0v) is 12.3. The van der Waals surface area contributed by atoms with Gasteiger partial charge in [-0.3, -0.25) is 0 Å². The Morgan fingerprint density at radius 3 is 2.50 bits per heavy atom. The number of halogens is 1. The molecule has 1 atom stereocenters. The molecule has 1 unspecified atom stereocenters. The van der Waals surface area contributed by atoms with Gasteiger partial charge < -0.3 is 10.0 Å². The van der Waals surface area contributed by atoms with Crippen LogP contribution in [-0.2, 0) is 0 Å². The van der Waals surface area contributed by atoms with Gasteiger partial charge in [-0.1, -0.05) is 50.6 Å². The van der Waals surface area contributed by atoms with E-state index in [0.717, 1.165) is 31.6 Å². The van der Waals surface area contributed by atoms with Crippen molar-refractivity contribution in [1.82, 2.24) is 4.90 Å². The van der Waals surface area contributed by atoms with E-state index >= 15 is 0 Å². The van der Waals surface area contributed by atoms with Crippen molar-refractivity contribution in [2.45, 2.75) is 33.3 Å². The molecule has 0 saturated heterocycles. The zero-order chi connectivity index (χ0) is 13.5. The van der Waals surface area contributed by atoms with E-state index in [-0.39, 0.29) is 0 Å². The summed E-state index contributed by atoms with van der Waals surface area (Å²) >= 11 is 6.08. The zero-order valence-electron chi connectivity index (χ0n) is 11.6. The van der Waals surface area contributed by atoms with Crippen LogP contribution < -0.4 is 0 Å². The molecule has 1 aromatic carbocycles. The smallest absolute Gasteiger partial charge is 0.0816 e. The minimum absolute atomic E-state index is 0.472. The summed E-state index contributed by atoms with van der Waals surface area (Å²) in [6, 6.07) is 7.52. The first kappa shape index (κ1) is 15.5. The summed E-state index contributed by atoms with van der Waals surface area (Å²) in [5, 5.41) is 10.8. The second-order valence-electron chi connectivity index (χ2n) is 5.11. The van der Waals surface area contributed by atoms with Gasteiger partial charge in [0.2, 0.25) is 0 Å². The van der Waals surface area contributed by atoms with Crippen LogP contribution in [0.3, 0.4) is 0 Å². The van der Waals surface area contributed by atoms with Crippen molar-refractivity contribution in [3.63, 3.8) is 0 Å². The molecule has 0 aromatic heterocycles. The second kappa shape index (κ2) is 7.78. The first-order valence-electron chi connectivity index (χ1n) is 6.69. The Morgan fingerprint density at radius 2 is 1.94 bits per heavy atom. The lowest BCUT2D eigenvalue weighted by Gasteiger charge is -2.24. The standard InChI is InChI=1S/C15H24ClNO/c1-4-17(11-12(2)3)10-9-15(18)13-7-5-6-8-14(13)16/h5-8,12,15,18H,4,9-11H2,1-3H3. The van der Waals surface area contributed by atoms with Crippen LogP contribution in [0.4, 0.5) is 0 Å². The Labute approximate surface area is 116 Å². The summed E-state index contributed by atoms with van der Waals surface area (Å²) in [7, 11) is 0. The van der Waals surface area contributed by atoms with Crippen LogP contribution in [0.15, 0.2) is 24.3 Å². The highest BCUT2D eigenvalue weighted by molar-refractivity contribution is 6.31. The Kier molecular flexibility index (Phi) is 6.69. The van der Waals surface area contributed by atoms with Gasteiger partial charge in [-0.05, 0) is 30.5 Å². The number of aliphatic hydroxyl groups is 1. The second-order valence-corrected chi connectivity index (χ2v) is 5.52. The van der Waals surface area contributed by atoms with Crippen LogP contribution in [0.2, 0.25) is 5.02 Å². The largest absolute Gasteiger partial charge is 0.388 e. The normalized spacial score (nSPS) is 13.3. The SMILES string of the molecule is CCN(CCC(O)c1ccccc1Cl)CC(C)C. The minimum Gasteiger partial charge on any atom is -0.388 e. The molecule has 0 amide bonds. The van der Waals surface area contributed by atoms with Crippen molar-refractivity contribution >= 4 is 11.6 Å². The molecule has 0 radical (unpaired) electrons. The van der Waals surface area contributed by atoms with Crippen molar-refractivity contribution in [3.8, 4) is 0 Å². The lowest BCUT2D eigenvalue weighted by atomic mass is 10.1. The molecule has 1 rings (SSSR count). The highest BCUT2D eigenvalue weighted by Gasteiger charge is 2.13. The molecular weight excluding hydrogens is 246 g/mol. The summed E-state index contributed by atoms with van der Waals surface area (Å²) in [6.45, 7) is 9.59. The highest BCUT2D eigenvalue weighted by Crippen LogP contribution is 2.24. The van der Waals surface area contributed by atoms with Crippen LogP contribution >= 0.6 is 11.6 Å². The fourth-order valence-corrected chi connectivity index (χ4v) is 2.36. The van der Waals surface area contributed by atoms with Crippen molar-refractivity contribution in [2.75, 3.05) is 19.6 Å². The molecule has 1 aromatic rings. The fraction of sp³-hybridized carbons (Fsp3) is 0.600. The van der Waals surface area contributed by atoms with E-state index in [9.17, 15) is 5.11 Å². The number of nitrogens with zero attached hydrogens (tertiary/aromatic N) is 1. The van der Waals surface area contributed by atoms with E-state index in [1.165, 1.54) is 0 Å². The van der Waals surface area contributed by atoms with Crippen molar-refractivity contribution in [2.24, 2.45) is 5.92 Å². The number of aliphatic hydroxyl groups excluding tert-OH is 1. The maximum Gasteiger partial charge on any atom is 0.0816 e. The van der Waals surface area contributed by atoms with Crippen LogP contribution in [0.25, 0.3) is 0 Å². The van der Waals surface area contributed by atoms with Crippen LogP contribution in [0.1, 0.15) is 38.9 Å². The number of hydrogen-bond donors (Lipinski definition) is 1. The molecule has 0 bridgehead atoms. The molecule has 0 heterocycles. The maximum absolute atomic E-state index is 10.2. The predicted octanol–water partition coefficient (Wildman–Crippen LogP) is 3.74. The Hall–Kier alpha value is -0.570. The van der Waals surface area contributed by atoms with E-state index in [1.807, 2.05) is 24.3 Å². The maximum atomic E-state index is 10.2. The summed E-state index contributed by atoms with van der Waals surface area (Å²) in [6.07, 6.45) is 0.254. The summed E-state index contributed by atoms with van der Waals surface area (Å²) < 4.78 is 0. The van der Waals surface area contributed by atoms with E-state index in [4.69, 9.17) is 11.6 Å². The average molecular weight is 270 g/mol. The molecule has 2 nitrogen and oxygen atoms in total. The first-order chi connectivity index (χ1) is 8.54. The van der Waals surface area contributed by atoms with Gasteiger partial charge in [0.15, 0.2) is 0 Å². The van der Waals surface area contributed by atoms with Gasteiger partial charge in [-0.15, -0.1) is 0 Å². The third kappa shape index (κ3) is 4.97. The van der Waals surface area contributed by atoms with Crippen LogP contribution in [0.5, 0.6) is 0 Å². The topological polar surface area (TPSA) is 23.5 Å². The third-order valence-corrected chi connectivity index (χ3v) is 3.40. The monoisotopic (exact) mass is 269 g/mol. The summed E-state index contributed by atoms with van der Waals surface area (Å²) in [5.74, 6) is 0.655. The highest BCUT2D eigenvalue weighted by atomic mass is 35.5. The molecule has 0 saturated carbocycles. The Balaban J connectivity index is 2.50. The van der Waals surface area contributed by atoms with E-state index in [2.05, 4.69) is 25.7 Å². The van der Waals surface area contributed by atoms with Crippen LogP contribution in [0, 0.1) is 5.92 Å². The van der Waals surface area contributed by atoms with Gasteiger partial charge in [0.05, 0.1) is 6.10 Å². The van der Waals surface area contributed by atoms with Gasteiger partial charge in [0, 0.05) is 18.1 Å². The quantitative estimate of drug-likeness (QED) is 0.815. The van der Waals surface area contributed by atoms with Gasteiger partial charge in [0.1, 0.15) is 0 Å². The fourth-order valence-electron chi connectivity index (χ4n) is 2.10. The van der Waals surface area contributed by atoms with Gasteiger partial charge in [-0.25, -0.2) is 0 Å². The molecule has 0 aliphatic heterocycles. The van der Waals surface area contributed by atoms with Gasteiger partial charge >= 0.3 is 0 Å². The summed E-state index contributed by atoms with van der Waals surface area (Å²) in [5.41, 5.74) is 0.833. The van der Waals surface area contributed by atoms with E-state index in [1.54, 1.807) is 0 Å². The molecule has 1 N–H and O–H groups in total. The summed E-state index contributed by atoms with van der Waals surface area (Å²) in [4.78, 5) is 2.37.